The highest BCUT2D eigenvalue weighted by molar-refractivity contribution is 6.18. The van der Waals surface area contributed by atoms with Crippen LogP contribution in [0.5, 0.6) is 0 Å². The van der Waals surface area contributed by atoms with Gasteiger partial charge in [-0.25, -0.2) is 0 Å². The van der Waals surface area contributed by atoms with Crippen molar-refractivity contribution < 1.29 is 0 Å². The van der Waals surface area contributed by atoms with Crippen LogP contribution in [0.3, 0.4) is 0 Å². The zero-order chi connectivity index (χ0) is 10.7. The van der Waals surface area contributed by atoms with Crippen LogP contribution in [0.15, 0.2) is 12.4 Å². The fraction of sp³-hybridized carbons (Fsp3) is 0.727. The van der Waals surface area contributed by atoms with E-state index in [2.05, 4.69) is 16.2 Å². The van der Waals surface area contributed by atoms with Crippen molar-refractivity contribution in [2.24, 2.45) is 7.05 Å². The van der Waals surface area contributed by atoms with E-state index in [0.29, 0.717) is 6.04 Å². The molecule has 4 heteroatoms. The lowest BCUT2D eigenvalue weighted by Gasteiger charge is -2.21. The highest BCUT2D eigenvalue weighted by Crippen LogP contribution is 2.18. The van der Waals surface area contributed by atoms with Gasteiger partial charge in [-0.05, 0) is 31.4 Å². The van der Waals surface area contributed by atoms with Crippen LogP contribution in [0.1, 0.15) is 18.4 Å². The van der Waals surface area contributed by atoms with Gasteiger partial charge in [-0.3, -0.25) is 9.58 Å². The van der Waals surface area contributed by atoms with Crippen molar-refractivity contribution in [2.45, 2.75) is 25.3 Å². The van der Waals surface area contributed by atoms with Gasteiger partial charge in [0.1, 0.15) is 0 Å². The minimum atomic E-state index is 0.600. The predicted octanol–water partition coefficient (Wildman–Crippen LogP) is 1.67. The molecule has 0 aliphatic carbocycles. The van der Waals surface area contributed by atoms with E-state index >= 15 is 0 Å². The van der Waals surface area contributed by atoms with E-state index in [1.54, 1.807) is 0 Å². The Bertz CT molecular complexity index is 311. The summed E-state index contributed by atoms with van der Waals surface area (Å²) in [7, 11) is 1.96. The fourth-order valence-electron chi connectivity index (χ4n) is 2.24. The Kier molecular flexibility index (Phi) is 3.65. The summed E-state index contributed by atoms with van der Waals surface area (Å²) in [6.07, 6.45) is 7.68. The molecule has 0 aromatic carbocycles. The Labute approximate surface area is 96.0 Å². The Morgan fingerprint density at radius 2 is 2.47 bits per heavy atom. The summed E-state index contributed by atoms with van der Waals surface area (Å²) < 4.78 is 1.86. The monoisotopic (exact) mass is 227 g/mol. The third-order valence-corrected chi connectivity index (χ3v) is 3.48. The number of nitrogens with zero attached hydrogens (tertiary/aromatic N) is 3. The van der Waals surface area contributed by atoms with Gasteiger partial charge < -0.3 is 0 Å². The number of halogens is 1. The van der Waals surface area contributed by atoms with E-state index in [1.807, 2.05) is 17.9 Å². The number of hydrogen-bond donors (Lipinski definition) is 0. The molecule has 0 amide bonds. The largest absolute Gasteiger partial charge is 0.299 e. The Morgan fingerprint density at radius 1 is 1.60 bits per heavy atom. The molecule has 0 N–H and O–H groups in total. The second kappa shape index (κ2) is 4.99. The maximum atomic E-state index is 5.93. The third kappa shape index (κ3) is 2.73. The van der Waals surface area contributed by atoms with Crippen LogP contribution in [0.25, 0.3) is 0 Å². The molecular weight excluding hydrogens is 210 g/mol. The van der Waals surface area contributed by atoms with Gasteiger partial charge in [-0.2, -0.15) is 5.10 Å². The summed E-state index contributed by atoms with van der Waals surface area (Å²) in [6.45, 7) is 2.32. The molecule has 0 spiro atoms. The number of aromatic nitrogens is 2. The SMILES string of the molecule is Cn1cc(CCN2CCCC2CCl)cn1. The molecule has 0 saturated carbocycles. The number of rotatable bonds is 4. The van der Waals surface area contributed by atoms with Crippen LogP contribution >= 0.6 is 11.6 Å². The zero-order valence-corrected chi connectivity index (χ0v) is 9.95. The van der Waals surface area contributed by atoms with E-state index < -0.39 is 0 Å². The van der Waals surface area contributed by atoms with Gasteiger partial charge in [-0.15, -0.1) is 11.6 Å². The topological polar surface area (TPSA) is 21.1 Å². The molecule has 0 bridgehead atoms. The van der Waals surface area contributed by atoms with Crippen LogP contribution in [0, 0.1) is 0 Å². The number of hydrogen-bond acceptors (Lipinski definition) is 2. The van der Waals surface area contributed by atoms with Gasteiger partial charge in [-0.1, -0.05) is 0 Å². The molecular formula is C11H18ClN3. The van der Waals surface area contributed by atoms with Crippen molar-refractivity contribution in [3.05, 3.63) is 18.0 Å². The lowest BCUT2D eigenvalue weighted by molar-refractivity contribution is 0.275. The van der Waals surface area contributed by atoms with Crippen molar-refractivity contribution in [3.63, 3.8) is 0 Å². The molecule has 2 heterocycles. The lowest BCUT2D eigenvalue weighted by atomic mass is 10.2. The van der Waals surface area contributed by atoms with Crippen molar-refractivity contribution in [1.29, 1.82) is 0 Å². The van der Waals surface area contributed by atoms with E-state index in [-0.39, 0.29) is 0 Å². The van der Waals surface area contributed by atoms with E-state index in [1.165, 1.54) is 24.9 Å². The molecule has 1 saturated heterocycles. The smallest absolute Gasteiger partial charge is 0.0522 e. The fourth-order valence-corrected chi connectivity index (χ4v) is 2.59. The summed E-state index contributed by atoms with van der Waals surface area (Å²) in [5, 5.41) is 4.17. The first kappa shape index (κ1) is 11.0. The van der Waals surface area contributed by atoms with Crippen molar-refractivity contribution in [2.75, 3.05) is 19.0 Å². The second-order valence-corrected chi connectivity index (χ2v) is 4.57. The molecule has 1 aromatic heterocycles. The molecule has 1 atom stereocenters. The van der Waals surface area contributed by atoms with Crippen molar-refractivity contribution >= 4 is 11.6 Å². The number of likely N-dealkylation sites (tertiary alicyclic amines) is 1. The van der Waals surface area contributed by atoms with E-state index in [4.69, 9.17) is 11.6 Å². The minimum absolute atomic E-state index is 0.600. The predicted molar refractivity (Wildman–Crippen MR) is 62.2 cm³/mol. The molecule has 1 aliphatic heterocycles. The van der Waals surface area contributed by atoms with Crippen LogP contribution in [0.2, 0.25) is 0 Å². The average molecular weight is 228 g/mol. The Balaban J connectivity index is 1.82. The van der Waals surface area contributed by atoms with Gasteiger partial charge >= 0.3 is 0 Å². The maximum absolute atomic E-state index is 5.93. The molecule has 1 fully saturated rings. The summed E-state index contributed by atoms with van der Waals surface area (Å²) >= 11 is 5.93. The van der Waals surface area contributed by atoms with Gasteiger partial charge in [0.2, 0.25) is 0 Å². The Hall–Kier alpha value is -0.540. The van der Waals surface area contributed by atoms with E-state index in [9.17, 15) is 0 Å². The molecule has 3 nitrogen and oxygen atoms in total. The van der Waals surface area contributed by atoms with Gasteiger partial charge in [0.25, 0.3) is 0 Å². The highest BCUT2D eigenvalue weighted by Gasteiger charge is 2.22. The average Bonchev–Trinajstić information content (AvgIpc) is 2.83. The molecule has 15 heavy (non-hydrogen) atoms. The normalized spacial score (nSPS) is 22.4. The summed E-state index contributed by atoms with van der Waals surface area (Å²) in [5.41, 5.74) is 1.32. The first-order chi connectivity index (χ1) is 7.29. The number of alkyl halides is 1. The summed E-state index contributed by atoms with van der Waals surface area (Å²) in [6, 6.07) is 0.600. The highest BCUT2D eigenvalue weighted by atomic mass is 35.5. The Morgan fingerprint density at radius 3 is 3.13 bits per heavy atom. The van der Waals surface area contributed by atoms with Crippen molar-refractivity contribution in [3.8, 4) is 0 Å². The summed E-state index contributed by atoms with van der Waals surface area (Å²) in [5.74, 6) is 0.771. The van der Waals surface area contributed by atoms with Crippen LogP contribution in [-0.4, -0.2) is 39.7 Å². The second-order valence-electron chi connectivity index (χ2n) is 4.26. The summed E-state index contributed by atoms with van der Waals surface area (Å²) in [4.78, 5) is 2.50. The van der Waals surface area contributed by atoms with E-state index in [0.717, 1.165) is 18.8 Å². The minimum Gasteiger partial charge on any atom is -0.299 e. The third-order valence-electron chi connectivity index (χ3n) is 3.12. The van der Waals surface area contributed by atoms with Crippen LogP contribution < -0.4 is 0 Å². The molecule has 84 valence electrons. The van der Waals surface area contributed by atoms with Crippen LogP contribution in [0.4, 0.5) is 0 Å². The molecule has 1 aliphatic rings. The quantitative estimate of drug-likeness (QED) is 0.730. The lowest BCUT2D eigenvalue weighted by Crippen LogP contribution is -2.32. The standard InChI is InChI=1S/C11H18ClN3/c1-14-9-10(8-13-14)4-6-15-5-2-3-11(15)7-12/h8-9,11H,2-7H2,1H3. The zero-order valence-electron chi connectivity index (χ0n) is 9.19. The van der Waals surface area contributed by atoms with Crippen LogP contribution in [-0.2, 0) is 13.5 Å². The molecule has 2 rings (SSSR count). The van der Waals surface area contributed by atoms with Gasteiger partial charge in [0, 0.05) is 31.7 Å². The van der Waals surface area contributed by atoms with Crippen molar-refractivity contribution in [1.82, 2.24) is 14.7 Å². The first-order valence-corrected chi connectivity index (χ1v) is 6.10. The van der Waals surface area contributed by atoms with Gasteiger partial charge in [0.05, 0.1) is 6.20 Å². The molecule has 1 aromatic rings. The number of aryl methyl sites for hydroxylation is 1. The first-order valence-electron chi connectivity index (χ1n) is 5.57. The van der Waals surface area contributed by atoms with Gasteiger partial charge in [0.15, 0.2) is 0 Å². The molecule has 0 radical (unpaired) electrons. The molecule has 1 unspecified atom stereocenters. The maximum Gasteiger partial charge on any atom is 0.0522 e.